The fraction of sp³-hybridized carbons (Fsp3) is 0.250. The zero-order chi connectivity index (χ0) is 15.0. The molecule has 0 saturated carbocycles. The lowest BCUT2D eigenvalue weighted by molar-refractivity contribution is 0.0650. The van der Waals surface area contributed by atoms with E-state index < -0.39 is 0 Å². The molecule has 1 heterocycles. The van der Waals surface area contributed by atoms with E-state index in [1.165, 1.54) is 7.05 Å². The molecule has 2 amide bonds. The lowest BCUT2D eigenvalue weighted by Gasteiger charge is -2.24. The minimum Gasteiger partial charge on any atom is -0.493 e. The van der Waals surface area contributed by atoms with Gasteiger partial charge in [0, 0.05) is 42.0 Å². The van der Waals surface area contributed by atoms with Crippen LogP contribution in [-0.2, 0) is 0 Å². The number of aliphatic hydroxyl groups excluding tert-OH is 1. The van der Waals surface area contributed by atoms with Crippen molar-refractivity contribution in [1.82, 2.24) is 4.90 Å². The average molecular weight is 285 g/mol. The standard InChI is InChI=1S/C16H15NO4/c1-17-15(19)11-5-2-4-10-13(21-9-3-8-18)7-6-12(14(10)11)16(17)20/h2,4-7,18H,3,8-9H2,1H3. The second kappa shape index (κ2) is 5.18. The van der Waals surface area contributed by atoms with Gasteiger partial charge in [-0.2, -0.15) is 0 Å². The highest BCUT2D eigenvalue weighted by molar-refractivity contribution is 6.25. The SMILES string of the molecule is CN1C(=O)c2cccc3c(OCCCO)ccc(c23)C1=O. The Balaban J connectivity index is 2.18. The molecule has 0 saturated heterocycles. The van der Waals surface area contributed by atoms with Crippen LogP contribution < -0.4 is 4.74 Å². The molecule has 108 valence electrons. The van der Waals surface area contributed by atoms with E-state index in [0.29, 0.717) is 35.3 Å². The highest BCUT2D eigenvalue weighted by atomic mass is 16.5. The molecule has 1 N–H and O–H groups in total. The van der Waals surface area contributed by atoms with Crippen LogP contribution in [-0.4, -0.2) is 42.1 Å². The summed E-state index contributed by atoms with van der Waals surface area (Å²) in [5.74, 6) is 0.0189. The van der Waals surface area contributed by atoms with Gasteiger partial charge >= 0.3 is 0 Å². The van der Waals surface area contributed by atoms with Crippen molar-refractivity contribution >= 4 is 22.6 Å². The van der Waals surface area contributed by atoms with E-state index in [1.54, 1.807) is 24.3 Å². The van der Waals surface area contributed by atoms with E-state index in [4.69, 9.17) is 9.84 Å². The number of nitrogens with zero attached hydrogens (tertiary/aromatic N) is 1. The summed E-state index contributed by atoms with van der Waals surface area (Å²) < 4.78 is 5.64. The van der Waals surface area contributed by atoms with Crippen molar-refractivity contribution < 1.29 is 19.4 Å². The van der Waals surface area contributed by atoms with Crippen molar-refractivity contribution in [3.05, 3.63) is 41.5 Å². The highest BCUT2D eigenvalue weighted by Gasteiger charge is 2.30. The van der Waals surface area contributed by atoms with Gasteiger partial charge in [-0.1, -0.05) is 12.1 Å². The number of aliphatic hydroxyl groups is 1. The lowest BCUT2D eigenvalue weighted by Crippen LogP contribution is -2.36. The number of benzene rings is 2. The Morgan fingerprint density at radius 3 is 2.52 bits per heavy atom. The first kappa shape index (κ1) is 13.6. The van der Waals surface area contributed by atoms with E-state index in [0.717, 1.165) is 10.3 Å². The number of rotatable bonds is 4. The summed E-state index contributed by atoms with van der Waals surface area (Å²) in [6, 6.07) is 8.75. The molecule has 5 nitrogen and oxygen atoms in total. The van der Waals surface area contributed by atoms with Crippen molar-refractivity contribution in [3.63, 3.8) is 0 Å². The molecule has 0 radical (unpaired) electrons. The first-order valence-corrected chi connectivity index (χ1v) is 6.77. The smallest absolute Gasteiger partial charge is 0.261 e. The van der Waals surface area contributed by atoms with Crippen LogP contribution in [0.2, 0.25) is 0 Å². The summed E-state index contributed by atoms with van der Waals surface area (Å²) in [4.78, 5) is 25.6. The Labute approximate surface area is 121 Å². The molecule has 0 spiro atoms. The third kappa shape index (κ3) is 2.06. The van der Waals surface area contributed by atoms with Crippen LogP contribution in [0, 0.1) is 0 Å². The number of imide groups is 1. The van der Waals surface area contributed by atoms with Crippen molar-refractivity contribution in [3.8, 4) is 5.75 Å². The van der Waals surface area contributed by atoms with Crippen molar-refractivity contribution in [2.75, 3.05) is 20.3 Å². The number of carbonyl (C=O) groups is 2. The van der Waals surface area contributed by atoms with Crippen molar-refractivity contribution in [2.24, 2.45) is 0 Å². The van der Waals surface area contributed by atoms with Gasteiger partial charge in [0.2, 0.25) is 0 Å². The monoisotopic (exact) mass is 285 g/mol. The van der Waals surface area contributed by atoms with Crippen LogP contribution in [0.3, 0.4) is 0 Å². The van der Waals surface area contributed by atoms with Gasteiger partial charge in [0.1, 0.15) is 5.75 Å². The normalized spacial score (nSPS) is 13.9. The molecule has 21 heavy (non-hydrogen) atoms. The Morgan fingerprint density at radius 1 is 1.10 bits per heavy atom. The van der Waals surface area contributed by atoms with Crippen LogP contribution in [0.5, 0.6) is 5.75 Å². The molecule has 3 rings (SSSR count). The van der Waals surface area contributed by atoms with E-state index >= 15 is 0 Å². The maximum atomic E-state index is 12.2. The fourth-order valence-electron chi connectivity index (χ4n) is 2.56. The van der Waals surface area contributed by atoms with Crippen LogP contribution in [0.4, 0.5) is 0 Å². The Kier molecular flexibility index (Phi) is 3.35. The fourth-order valence-corrected chi connectivity index (χ4v) is 2.56. The Bertz CT molecular complexity index is 716. The first-order valence-electron chi connectivity index (χ1n) is 6.77. The van der Waals surface area contributed by atoms with Crippen molar-refractivity contribution in [2.45, 2.75) is 6.42 Å². The van der Waals surface area contributed by atoms with Crippen LogP contribution >= 0.6 is 0 Å². The number of carbonyl (C=O) groups excluding carboxylic acids is 2. The van der Waals surface area contributed by atoms with E-state index in [-0.39, 0.29) is 18.4 Å². The molecular weight excluding hydrogens is 270 g/mol. The molecule has 0 unspecified atom stereocenters. The summed E-state index contributed by atoms with van der Waals surface area (Å²) in [6.07, 6.45) is 0.531. The summed E-state index contributed by atoms with van der Waals surface area (Å²) in [5.41, 5.74) is 1.02. The molecule has 0 fully saturated rings. The van der Waals surface area contributed by atoms with Gasteiger partial charge in [-0.15, -0.1) is 0 Å². The maximum Gasteiger partial charge on any atom is 0.261 e. The van der Waals surface area contributed by atoms with Gasteiger partial charge in [-0.3, -0.25) is 14.5 Å². The van der Waals surface area contributed by atoms with Gasteiger partial charge in [-0.05, 0) is 18.2 Å². The average Bonchev–Trinajstić information content (AvgIpc) is 2.51. The van der Waals surface area contributed by atoms with Crippen LogP contribution in [0.15, 0.2) is 30.3 Å². The van der Waals surface area contributed by atoms with Gasteiger partial charge < -0.3 is 9.84 Å². The second-order valence-electron chi connectivity index (χ2n) is 4.93. The van der Waals surface area contributed by atoms with Gasteiger partial charge in [0.05, 0.1) is 6.61 Å². The molecular formula is C16H15NO4. The van der Waals surface area contributed by atoms with E-state index in [9.17, 15) is 9.59 Å². The van der Waals surface area contributed by atoms with Crippen molar-refractivity contribution in [1.29, 1.82) is 0 Å². The zero-order valence-corrected chi connectivity index (χ0v) is 11.6. The van der Waals surface area contributed by atoms with Crippen LogP contribution in [0.25, 0.3) is 10.8 Å². The Hall–Kier alpha value is -2.40. The summed E-state index contributed by atoms with van der Waals surface area (Å²) in [5, 5.41) is 10.2. The summed E-state index contributed by atoms with van der Waals surface area (Å²) in [7, 11) is 1.48. The molecule has 0 aliphatic carbocycles. The summed E-state index contributed by atoms with van der Waals surface area (Å²) >= 11 is 0. The molecule has 1 aliphatic heterocycles. The minimum absolute atomic E-state index is 0.0586. The topological polar surface area (TPSA) is 66.8 Å². The zero-order valence-electron chi connectivity index (χ0n) is 11.6. The largest absolute Gasteiger partial charge is 0.493 e. The first-order chi connectivity index (χ1) is 10.1. The van der Waals surface area contributed by atoms with E-state index in [2.05, 4.69) is 0 Å². The maximum absolute atomic E-state index is 12.2. The number of hydrogen-bond donors (Lipinski definition) is 1. The van der Waals surface area contributed by atoms with Crippen LogP contribution in [0.1, 0.15) is 27.1 Å². The number of ether oxygens (including phenoxy) is 1. The second-order valence-corrected chi connectivity index (χ2v) is 4.93. The summed E-state index contributed by atoms with van der Waals surface area (Å²) in [6.45, 7) is 0.444. The predicted octanol–water partition coefficient (Wildman–Crippen LogP) is 1.83. The molecule has 0 atom stereocenters. The molecule has 5 heteroatoms. The third-order valence-electron chi connectivity index (χ3n) is 3.63. The molecule has 0 aromatic heterocycles. The Morgan fingerprint density at radius 2 is 1.81 bits per heavy atom. The molecule has 2 aromatic rings. The molecule has 0 bridgehead atoms. The lowest BCUT2D eigenvalue weighted by atomic mass is 9.94. The molecule has 2 aromatic carbocycles. The minimum atomic E-state index is -0.300. The quantitative estimate of drug-likeness (QED) is 0.687. The number of hydrogen-bond acceptors (Lipinski definition) is 4. The highest BCUT2D eigenvalue weighted by Crippen LogP contribution is 2.35. The number of amides is 2. The third-order valence-corrected chi connectivity index (χ3v) is 3.63. The van der Waals surface area contributed by atoms with E-state index in [1.807, 2.05) is 6.07 Å². The molecule has 1 aliphatic rings. The van der Waals surface area contributed by atoms with Gasteiger partial charge in [0.25, 0.3) is 11.8 Å². The predicted molar refractivity (Wildman–Crippen MR) is 77.6 cm³/mol. The van der Waals surface area contributed by atoms with Gasteiger partial charge in [-0.25, -0.2) is 0 Å². The van der Waals surface area contributed by atoms with Gasteiger partial charge in [0.15, 0.2) is 0 Å².